The molecule has 0 heterocycles. The molecular formula is C23H22FNO6. The Bertz CT molecular complexity index is 1050. The van der Waals surface area contributed by atoms with E-state index in [2.05, 4.69) is 0 Å². The number of carbonyl (C=O) groups is 4. The van der Waals surface area contributed by atoms with Crippen LogP contribution in [0.25, 0.3) is 0 Å². The second-order valence-corrected chi connectivity index (χ2v) is 8.35. The summed E-state index contributed by atoms with van der Waals surface area (Å²) in [5, 5.41) is 10.0. The third-order valence-corrected chi connectivity index (χ3v) is 4.93. The molecule has 0 aliphatic heterocycles. The van der Waals surface area contributed by atoms with Gasteiger partial charge in [-0.2, -0.15) is 0 Å². The number of Topliss-reactive ketones (excluding diaryl/α,β-unsaturated/α-hetero) is 1. The van der Waals surface area contributed by atoms with Gasteiger partial charge in [-0.1, -0.05) is 30.3 Å². The number of ether oxygens (including phenoxy) is 1. The Labute approximate surface area is 178 Å². The maximum absolute atomic E-state index is 13.6. The van der Waals surface area contributed by atoms with Crippen LogP contribution >= 0.6 is 0 Å². The van der Waals surface area contributed by atoms with Gasteiger partial charge in [-0.25, -0.2) is 18.9 Å². The summed E-state index contributed by atoms with van der Waals surface area (Å²) in [6.45, 7) is 4.73. The lowest BCUT2D eigenvalue weighted by Gasteiger charge is -2.31. The van der Waals surface area contributed by atoms with Crippen LogP contribution in [0, 0.1) is 11.7 Å². The third-order valence-electron chi connectivity index (χ3n) is 4.93. The number of amides is 2. The van der Waals surface area contributed by atoms with E-state index in [1.54, 1.807) is 39.0 Å². The van der Waals surface area contributed by atoms with Gasteiger partial charge in [0.15, 0.2) is 11.3 Å². The van der Waals surface area contributed by atoms with Gasteiger partial charge in [-0.3, -0.25) is 9.59 Å². The molecule has 0 radical (unpaired) electrons. The summed E-state index contributed by atoms with van der Waals surface area (Å²) in [4.78, 5) is 51.9. The molecule has 7 nitrogen and oxygen atoms in total. The average Bonchev–Trinajstić information content (AvgIpc) is 3.43. The fourth-order valence-electron chi connectivity index (χ4n) is 3.43. The molecule has 162 valence electrons. The Hall–Kier alpha value is -3.55. The van der Waals surface area contributed by atoms with Crippen molar-refractivity contribution >= 4 is 23.8 Å². The number of halogens is 1. The van der Waals surface area contributed by atoms with Crippen molar-refractivity contribution in [1.29, 1.82) is 0 Å². The number of imide groups is 1. The Balaban J connectivity index is 2.04. The summed E-state index contributed by atoms with van der Waals surface area (Å²) in [5.41, 5.74) is -3.11. The molecule has 1 N–H and O–H groups in total. The predicted octanol–water partition coefficient (Wildman–Crippen LogP) is 3.93. The number of carbonyl (C=O) groups excluding carboxylic acids is 3. The maximum Gasteiger partial charge on any atom is 0.418 e. The molecule has 3 rings (SSSR count). The van der Waals surface area contributed by atoms with Gasteiger partial charge in [0.05, 0.1) is 5.92 Å². The van der Waals surface area contributed by atoms with Crippen LogP contribution in [-0.2, 0) is 9.53 Å². The van der Waals surface area contributed by atoms with E-state index in [1.807, 2.05) is 0 Å². The zero-order valence-corrected chi connectivity index (χ0v) is 17.3. The first-order chi connectivity index (χ1) is 14.5. The topological polar surface area (TPSA) is 101 Å². The van der Waals surface area contributed by atoms with Crippen molar-refractivity contribution in [2.75, 3.05) is 0 Å². The van der Waals surface area contributed by atoms with E-state index in [0.717, 1.165) is 12.1 Å². The standard InChI is InChI=1S/C23H22FNO6/c1-22(2,3)31-21(30)25(19(27)14-8-5-4-6-9-14)23(20(28)29)13-17(23)18(26)15-10-7-11-16(24)12-15/h4-12,17H,13H2,1-3H3,(H,28,29). The van der Waals surface area contributed by atoms with E-state index in [-0.39, 0.29) is 17.5 Å². The average molecular weight is 427 g/mol. The molecule has 0 bridgehead atoms. The van der Waals surface area contributed by atoms with Crippen molar-refractivity contribution < 1.29 is 33.4 Å². The normalized spacial score (nSPS) is 19.9. The molecule has 2 unspecified atom stereocenters. The summed E-state index contributed by atoms with van der Waals surface area (Å²) >= 11 is 0. The van der Waals surface area contributed by atoms with Gasteiger partial charge in [0, 0.05) is 11.1 Å². The monoisotopic (exact) mass is 427 g/mol. The summed E-state index contributed by atoms with van der Waals surface area (Å²) in [6, 6.07) is 12.5. The summed E-state index contributed by atoms with van der Waals surface area (Å²) in [5.74, 6) is -4.97. The minimum absolute atomic E-state index is 0.0376. The molecule has 2 aromatic carbocycles. The van der Waals surface area contributed by atoms with Crippen LogP contribution < -0.4 is 0 Å². The molecule has 8 heteroatoms. The van der Waals surface area contributed by atoms with Crippen LogP contribution in [0.4, 0.5) is 9.18 Å². The Morgan fingerprint density at radius 2 is 1.65 bits per heavy atom. The number of ketones is 1. The maximum atomic E-state index is 13.6. The van der Waals surface area contributed by atoms with E-state index < -0.39 is 46.6 Å². The molecule has 2 aromatic rings. The van der Waals surface area contributed by atoms with Crippen molar-refractivity contribution in [3.8, 4) is 0 Å². The number of carboxylic acids is 1. The van der Waals surface area contributed by atoms with Gasteiger partial charge in [0.1, 0.15) is 11.4 Å². The quantitative estimate of drug-likeness (QED) is 0.726. The molecule has 1 saturated carbocycles. The fraction of sp³-hybridized carbons (Fsp3) is 0.304. The minimum Gasteiger partial charge on any atom is -0.479 e. The molecule has 2 atom stereocenters. The lowest BCUT2D eigenvalue weighted by Crippen LogP contribution is -2.54. The van der Waals surface area contributed by atoms with Crippen LogP contribution in [0.3, 0.4) is 0 Å². The summed E-state index contributed by atoms with van der Waals surface area (Å²) in [6.07, 6.45) is -1.46. The molecule has 0 aromatic heterocycles. The molecule has 1 fully saturated rings. The van der Waals surface area contributed by atoms with Crippen LogP contribution in [0.5, 0.6) is 0 Å². The van der Waals surface area contributed by atoms with Crippen molar-refractivity contribution in [3.63, 3.8) is 0 Å². The van der Waals surface area contributed by atoms with Gasteiger partial charge in [0.2, 0.25) is 0 Å². The first-order valence-corrected chi connectivity index (χ1v) is 9.63. The number of rotatable bonds is 5. The number of benzene rings is 2. The SMILES string of the molecule is CC(C)(C)OC(=O)N(C(=O)c1ccccc1)C1(C(=O)O)CC1C(=O)c1cccc(F)c1. The van der Waals surface area contributed by atoms with Gasteiger partial charge in [-0.15, -0.1) is 0 Å². The Morgan fingerprint density at radius 1 is 1.03 bits per heavy atom. The number of hydrogen-bond acceptors (Lipinski definition) is 5. The van der Waals surface area contributed by atoms with Gasteiger partial charge < -0.3 is 9.84 Å². The zero-order chi connectivity index (χ0) is 23.0. The molecule has 1 aliphatic rings. The van der Waals surface area contributed by atoms with E-state index in [4.69, 9.17) is 4.74 Å². The summed E-state index contributed by atoms with van der Waals surface area (Å²) in [7, 11) is 0. The first kappa shape index (κ1) is 22.1. The van der Waals surface area contributed by atoms with E-state index in [9.17, 15) is 28.7 Å². The lowest BCUT2D eigenvalue weighted by molar-refractivity contribution is -0.144. The number of aliphatic carboxylic acids is 1. The highest BCUT2D eigenvalue weighted by atomic mass is 19.1. The minimum atomic E-state index is -2.13. The van der Waals surface area contributed by atoms with Crippen molar-refractivity contribution in [3.05, 3.63) is 71.5 Å². The van der Waals surface area contributed by atoms with E-state index >= 15 is 0 Å². The highest BCUT2D eigenvalue weighted by Crippen LogP contribution is 2.51. The highest BCUT2D eigenvalue weighted by molar-refractivity contribution is 6.12. The number of carboxylic acid groups (broad SMARTS) is 1. The van der Waals surface area contributed by atoms with Crippen LogP contribution in [0.2, 0.25) is 0 Å². The van der Waals surface area contributed by atoms with Crippen molar-refractivity contribution in [2.45, 2.75) is 38.3 Å². The second-order valence-electron chi connectivity index (χ2n) is 8.35. The number of nitrogens with zero attached hydrogens (tertiary/aromatic N) is 1. The molecule has 1 aliphatic carbocycles. The molecule has 0 saturated heterocycles. The summed E-state index contributed by atoms with van der Waals surface area (Å²) < 4.78 is 18.9. The van der Waals surface area contributed by atoms with Crippen LogP contribution in [0.1, 0.15) is 47.9 Å². The largest absolute Gasteiger partial charge is 0.479 e. The molecular weight excluding hydrogens is 405 g/mol. The van der Waals surface area contributed by atoms with E-state index in [0.29, 0.717) is 4.90 Å². The highest BCUT2D eigenvalue weighted by Gasteiger charge is 2.71. The molecule has 2 amide bonds. The Morgan fingerprint density at radius 3 is 2.19 bits per heavy atom. The number of hydrogen-bond donors (Lipinski definition) is 1. The zero-order valence-electron chi connectivity index (χ0n) is 17.3. The van der Waals surface area contributed by atoms with Crippen LogP contribution in [-0.4, -0.2) is 44.9 Å². The smallest absolute Gasteiger partial charge is 0.418 e. The van der Waals surface area contributed by atoms with Gasteiger partial charge in [-0.05, 0) is 51.5 Å². The lowest BCUT2D eigenvalue weighted by atomic mass is 10.0. The van der Waals surface area contributed by atoms with Crippen molar-refractivity contribution in [1.82, 2.24) is 4.90 Å². The van der Waals surface area contributed by atoms with E-state index in [1.165, 1.54) is 24.3 Å². The van der Waals surface area contributed by atoms with Gasteiger partial charge in [0.25, 0.3) is 5.91 Å². The predicted molar refractivity (Wildman–Crippen MR) is 108 cm³/mol. The third kappa shape index (κ3) is 4.33. The second kappa shape index (κ2) is 7.94. The van der Waals surface area contributed by atoms with Crippen LogP contribution in [0.15, 0.2) is 54.6 Å². The molecule has 31 heavy (non-hydrogen) atoms. The molecule has 0 spiro atoms. The van der Waals surface area contributed by atoms with Gasteiger partial charge >= 0.3 is 12.1 Å². The van der Waals surface area contributed by atoms with Crippen molar-refractivity contribution in [2.24, 2.45) is 5.92 Å². The Kier molecular flexibility index (Phi) is 5.67. The fourth-order valence-corrected chi connectivity index (χ4v) is 3.43. The first-order valence-electron chi connectivity index (χ1n) is 9.63.